The van der Waals surface area contributed by atoms with E-state index in [0.717, 1.165) is 16.8 Å². The van der Waals surface area contributed by atoms with Crippen molar-refractivity contribution in [1.29, 1.82) is 0 Å². The number of hydrogen-bond donors (Lipinski definition) is 2. The van der Waals surface area contributed by atoms with Crippen LogP contribution in [-0.2, 0) is 10.8 Å². The molecular weight excluding hydrogens is 374 g/mol. The van der Waals surface area contributed by atoms with Crippen molar-refractivity contribution >= 4 is 17.5 Å². The van der Waals surface area contributed by atoms with Gasteiger partial charge in [0.05, 0.1) is 0 Å². The van der Waals surface area contributed by atoms with Crippen LogP contribution < -0.4 is 16.0 Å². The lowest BCUT2D eigenvalue weighted by molar-refractivity contribution is 0.0953. The van der Waals surface area contributed by atoms with E-state index in [9.17, 15) is 9.59 Å². The molecule has 3 N–H and O–H groups in total. The summed E-state index contributed by atoms with van der Waals surface area (Å²) in [6, 6.07) is 13.2. The average molecular weight is 410 g/mol. The Morgan fingerprint density at radius 1 is 0.867 bits per heavy atom. The van der Waals surface area contributed by atoms with Crippen LogP contribution in [0.2, 0.25) is 0 Å². The molecule has 2 aromatic carbocycles. The van der Waals surface area contributed by atoms with Gasteiger partial charge in [0.1, 0.15) is 0 Å². The first-order valence-electron chi connectivity index (χ1n) is 10.4. The fourth-order valence-corrected chi connectivity index (χ4v) is 3.05. The van der Waals surface area contributed by atoms with E-state index in [1.807, 2.05) is 12.1 Å². The molecule has 0 aliphatic rings. The van der Waals surface area contributed by atoms with Gasteiger partial charge in [-0.1, -0.05) is 47.6 Å². The van der Waals surface area contributed by atoms with Crippen LogP contribution in [-0.4, -0.2) is 32.0 Å². The summed E-state index contributed by atoms with van der Waals surface area (Å²) >= 11 is 0. The Hall–Kier alpha value is -2.66. The molecule has 0 fully saturated rings. The summed E-state index contributed by atoms with van der Waals surface area (Å²) in [7, 11) is 1.76. The van der Waals surface area contributed by atoms with Gasteiger partial charge in [0.25, 0.3) is 11.8 Å². The van der Waals surface area contributed by atoms with E-state index in [-0.39, 0.29) is 22.6 Å². The molecule has 0 saturated carbocycles. The van der Waals surface area contributed by atoms with E-state index >= 15 is 0 Å². The molecule has 0 aliphatic heterocycles. The number of anilines is 1. The summed E-state index contributed by atoms with van der Waals surface area (Å²) in [5, 5.41) is 2.74. The quantitative estimate of drug-likeness (QED) is 0.775. The van der Waals surface area contributed by atoms with Crippen molar-refractivity contribution in [2.45, 2.75) is 52.4 Å². The summed E-state index contributed by atoms with van der Waals surface area (Å²) in [6.45, 7) is 13.7. The van der Waals surface area contributed by atoms with Crippen LogP contribution in [0.3, 0.4) is 0 Å². The molecule has 5 heteroatoms. The van der Waals surface area contributed by atoms with Gasteiger partial charge in [-0.2, -0.15) is 0 Å². The van der Waals surface area contributed by atoms with Gasteiger partial charge in [0, 0.05) is 37.0 Å². The minimum atomic E-state index is -0.173. The van der Waals surface area contributed by atoms with Crippen molar-refractivity contribution in [3.8, 4) is 0 Å². The lowest BCUT2D eigenvalue weighted by atomic mass is 9.79. The molecule has 0 heterocycles. The van der Waals surface area contributed by atoms with Crippen molar-refractivity contribution in [3.05, 3.63) is 64.7 Å². The van der Waals surface area contributed by atoms with Crippen LogP contribution in [0.5, 0.6) is 0 Å². The number of carbonyl (C=O) groups is 2. The van der Waals surface area contributed by atoms with E-state index in [4.69, 9.17) is 5.73 Å². The molecular formula is C25H35N3O2. The highest BCUT2D eigenvalue weighted by Gasteiger charge is 2.23. The van der Waals surface area contributed by atoms with Crippen LogP contribution in [0.25, 0.3) is 0 Å². The van der Waals surface area contributed by atoms with Gasteiger partial charge in [-0.05, 0) is 58.4 Å². The smallest absolute Gasteiger partial charge is 0.258 e. The van der Waals surface area contributed by atoms with Crippen LogP contribution in [0, 0.1) is 0 Å². The maximum atomic E-state index is 13.3. The number of carbonyl (C=O) groups excluding carboxylic acids is 2. The maximum absolute atomic E-state index is 13.3. The first kappa shape index (κ1) is 23.6. The lowest BCUT2D eigenvalue weighted by Gasteiger charge is -2.27. The van der Waals surface area contributed by atoms with Gasteiger partial charge in [0.15, 0.2) is 0 Å². The van der Waals surface area contributed by atoms with E-state index in [2.05, 4.69) is 52.9 Å². The Labute approximate surface area is 180 Å². The monoisotopic (exact) mass is 409 g/mol. The zero-order chi connectivity index (χ0) is 22.7. The molecule has 2 aromatic rings. The fraction of sp³-hybridized carbons (Fsp3) is 0.440. The highest BCUT2D eigenvalue weighted by Crippen LogP contribution is 2.31. The van der Waals surface area contributed by atoms with Crippen molar-refractivity contribution in [1.82, 2.24) is 5.32 Å². The molecule has 2 amide bonds. The highest BCUT2D eigenvalue weighted by atomic mass is 16.2. The van der Waals surface area contributed by atoms with Crippen molar-refractivity contribution in [3.63, 3.8) is 0 Å². The van der Waals surface area contributed by atoms with Gasteiger partial charge in [0.2, 0.25) is 0 Å². The number of hydrogen-bond acceptors (Lipinski definition) is 3. The van der Waals surface area contributed by atoms with E-state index in [1.54, 1.807) is 36.2 Å². The fourth-order valence-electron chi connectivity index (χ4n) is 3.05. The molecule has 0 unspecified atom stereocenters. The first-order valence-corrected chi connectivity index (χ1v) is 10.4. The highest BCUT2D eigenvalue weighted by molar-refractivity contribution is 6.06. The molecule has 0 bridgehead atoms. The summed E-state index contributed by atoms with van der Waals surface area (Å²) < 4.78 is 0. The number of rotatable bonds is 5. The molecule has 2 rings (SSSR count). The third kappa shape index (κ3) is 5.70. The topological polar surface area (TPSA) is 75.4 Å². The van der Waals surface area contributed by atoms with Crippen molar-refractivity contribution in [2.75, 3.05) is 25.0 Å². The number of nitrogens with zero attached hydrogens (tertiary/aromatic N) is 1. The Bertz CT molecular complexity index is 871. The van der Waals surface area contributed by atoms with Gasteiger partial charge in [-0.15, -0.1) is 0 Å². The molecule has 0 saturated heterocycles. The van der Waals surface area contributed by atoms with Crippen LogP contribution in [0.15, 0.2) is 42.5 Å². The molecule has 0 atom stereocenters. The number of nitrogens with two attached hydrogens (primary N) is 1. The average Bonchev–Trinajstić information content (AvgIpc) is 2.69. The zero-order valence-corrected chi connectivity index (χ0v) is 19.3. The first-order chi connectivity index (χ1) is 13.8. The molecule has 5 nitrogen and oxygen atoms in total. The zero-order valence-electron chi connectivity index (χ0n) is 19.3. The van der Waals surface area contributed by atoms with Crippen LogP contribution in [0.4, 0.5) is 5.69 Å². The summed E-state index contributed by atoms with van der Waals surface area (Å²) in [5.74, 6) is -0.249. The lowest BCUT2D eigenvalue weighted by Crippen LogP contribution is -2.29. The molecule has 0 aromatic heterocycles. The summed E-state index contributed by atoms with van der Waals surface area (Å²) in [4.78, 5) is 27.0. The third-order valence-electron chi connectivity index (χ3n) is 5.16. The largest absolute Gasteiger partial charge is 0.351 e. The SMILES string of the molecule is CN(C(=O)c1cc(C(C)(C)C)cc(C(C)(C)C)c1)c1ccc(C(=O)NCCN)cc1. The van der Waals surface area contributed by atoms with Gasteiger partial charge >= 0.3 is 0 Å². The molecule has 0 radical (unpaired) electrons. The standard InChI is InChI=1S/C25H35N3O2/c1-24(2,3)19-14-18(15-20(16-19)25(4,5)6)23(30)28(7)21-10-8-17(9-11-21)22(29)27-13-12-26/h8-11,14-16H,12-13,26H2,1-7H3,(H,27,29). The second-order valence-electron chi connectivity index (χ2n) is 9.75. The summed E-state index contributed by atoms with van der Waals surface area (Å²) in [5.41, 5.74) is 9.51. The molecule has 30 heavy (non-hydrogen) atoms. The van der Waals surface area contributed by atoms with E-state index in [1.165, 1.54) is 0 Å². The van der Waals surface area contributed by atoms with Gasteiger partial charge in [-0.3, -0.25) is 9.59 Å². The van der Waals surface area contributed by atoms with E-state index < -0.39 is 0 Å². The second kappa shape index (κ2) is 9.00. The molecule has 0 spiro atoms. The van der Waals surface area contributed by atoms with Gasteiger partial charge in [-0.25, -0.2) is 0 Å². The van der Waals surface area contributed by atoms with Crippen LogP contribution >= 0.6 is 0 Å². The predicted octanol–water partition coefficient (Wildman–Crippen LogP) is 4.25. The number of benzene rings is 2. The Balaban J connectivity index is 2.34. The Kier molecular flexibility index (Phi) is 7.09. The minimum absolute atomic E-state index is 0.0621. The normalized spacial score (nSPS) is 11.9. The van der Waals surface area contributed by atoms with Crippen molar-refractivity contribution in [2.24, 2.45) is 5.73 Å². The third-order valence-corrected chi connectivity index (χ3v) is 5.16. The van der Waals surface area contributed by atoms with Crippen molar-refractivity contribution < 1.29 is 9.59 Å². The minimum Gasteiger partial charge on any atom is -0.351 e. The van der Waals surface area contributed by atoms with Crippen LogP contribution in [0.1, 0.15) is 73.4 Å². The maximum Gasteiger partial charge on any atom is 0.258 e. The summed E-state index contributed by atoms with van der Waals surface area (Å²) in [6.07, 6.45) is 0. The molecule has 0 aliphatic carbocycles. The second-order valence-corrected chi connectivity index (χ2v) is 9.75. The number of nitrogens with one attached hydrogen (secondary N) is 1. The number of amides is 2. The Morgan fingerprint density at radius 3 is 1.80 bits per heavy atom. The molecule has 162 valence electrons. The van der Waals surface area contributed by atoms with E-state index in [0.29, 0.717) is 24.2 Å². The Morgan fingerprint density at radius 2 is 1.37 bits per heavy atom. The van der Waals surface area contributed by atoms with Gasteiger partial charge < -0.3 is 16.0 Å². The predicted molar refractivity (Wildman–Crippen MR) is 124 cm³/mol.